The minimum Gasteiger partial charge on any atom is -0.326 e. The highest BCUT2D eigenvalue weighted by Gasteiger charge is 2.61. The van der Waals surface area contributed by atoms with E-state index in [1.54, 1.807) is 0 Å². The van der Waals surface area contributed by atoms with Crippen LogP contribution in [0, 0.1) is 17.2 Å². The topological polar surface area (TPSA) is 44.1 Å². The first-order valence-electron chi connectivity index (χ1n) is 8.02. The summed E-state index contributed by atoms with van der Waals surface area (Å²) in [6, 6.07) is 11.1. The molecule has 3 heteroatoms. The summed E-state index contributed by atoms with van der Waals surface area (Å²) >= 11 is 0. The van der Waals surface area contributed by atoms with Gasteiger partial charge in [0.2, 0.25) is 5.91 Å². The molecule has 0 saturated heterocycles. The molecule has 1 spiro atoms. The summed E-state index contributed by atoms with van der Waals surface area (Å²) < 4.78 is 0. The van der Waals surface area contributed by atoms with Gasteiger partial charge in [0.05, 0.1) is 6.07 Å². The average Bonchev–Trinajstić information content (AvgIpc) is 3.40. The second kappa shape index (κ2) is 4.59. The van der Waals surface area contributed by atoms with E-state index in [0.29, 0.717) is 6.04 Å². The Labute approximate surface area is 125 Å². The van der Waals surface area contributed by atoms with E-state index in [9.17, 15) is 4.79 Å². The van der Waals surface area contributed by atoms with Crippen LogP contribution < -0.4 is 0 Å². The van der Waals surface area contributed by atoms with Gasteiger partial charge < -0.3 is 4.90 Å². The van der Waals surface area contributed by atoms with Crippen molar-refractivity contribution in [2.24, 2.45) is 5.92 Å². The van der Waals surface area contributed by atoms with E-state index < -0.39 is 0 Å². The highest BCUT2D eigenvalue weighted by Crippen LogP contribution is 2.61. The van der Waals surface area contributed by atoms with E-state index in [1.165, 1.54) is 17.5 Å². The zero-order valence-electron chi connectivity index (χ0n) is 12.2. The predicted molar refractivity (Wildman–Crippen MR) is 79.5 cm³/mol. The van der Waals surface area contributed by atoms with Crippen LogP contribution in [0.15, 0.2) is 24.3 Å². The fourth-order valence-corrected chi connectivity index (χ4v) is 4.21. The number of benzene rings is 1. The molecule has 4 rings (SSSR count). The number of aryl methyl sites for hydroxylation is 1. The Morgan fingerprint density at radius 3 is 2.95 bits per heavy atom. The van der Waals surface area contributed by atoms with Crippen molar-refractivity contribution in [3.05, 3.63) is 35.4 Å². The van der Waals surface area contributed by atoms with Gasteiger partial charge in [-0.05, 0) is 49.7 Å². The lowest BCUT2D eigenvalue weighted by atomic mass is 9.78. The molecule has 0 heterocycles. The van der Waals surface area contributed by atoms with Crippen molar-refractivity contribution < 1.29 is 4.79 Å². The summed E-state index contributed by atoms with van der Waals surface area (Å²) in [6.45, 7) is 0.262. The number of nitriles is 1. The average molecular weight is 280 g/mol. The summed E-state index contributed by atoms with van der Waals surface area (Å²) in [4.78, 5) is 14.7. The molecule has 3 aliphatic rings. The van der Waals surface area contributed by atoms with Crippen LogP contribution in [-0.4, -0.2) is 23.4 Å². The zero-order valence-corrected chi connectivity index (χ0v) is 12.2. The monoisotopic (exact) mass is 280 g/mol. The third-order valence-corrected chi connectivity index (χ3v) is 5.51. The molecule has 108 valence electrons. The first kappa shape index (κ1) is 12.9. The normalized spacial score (nSPS) is 29.6. The molecule has 3 aliphatic carbocycles. The highest BCUT2D eigenvalue weighted by molar-refractivity contribution is 5.85. The summed E-state index contributed by atoms with van der Waals surface area (Å²) in [5.74, 6) is 0.351. The molecule has 1 amide bonds. The molecule has 0 unspecified atom stereocenters. The van der Waals surface area contributed by atoms with Crippen LogP contribution in [-0.2, 0) is 16.6 Å². The number of hydrogen-bond acceptors (Lipinski definition) is 2. The summed E-state index contributed by atoms with van der Waals surface area (Å²) in [6.07, 6.45) is 6.59. The van der Waals surface area contributed by atoms with E-state index in [-0.39, 0.29) is 23.8 Å². The van der Waals surface area contributed by atoms with E-state index >= 15 is 0 Å². The van der Waals surface area contributed by atoms with Crippen LogP contribution in [0.4, 0.5) is 0 Å². The van der Waals surface area contributed by atoms with Gasteiger partial charge in [-0.15, -0.1) is 0 Å². The van der Waals surface area contributed by atoms with Crippen molar-refractivity contribution in [3.63, 3.8) is 0 Å². The predicted octanol–water partition coefficient (Wildman–Crippen LogP) is 2.80. The van der Waals surface area contributed by atoms with Crippen LogP contribution in [0.3, 0.4) is 0 Å². The number of amides is 1. The molecule has 1 aromatic carbocycles. The van der Waals surface area contributed by atoms with Crippen molar-refractivity contribution >= 4 is 5.91 Å². The van der Waals surface area contributed by atoms with Crippen molar-refractivity contribution in [1.29, 1.82) is 5.26 Å². The molecule has 21 heavy (non-hydrogen) atoms. The standard InChI is InChI=1S/C18H20N2O/c19-10-11-20(14-7-8-14)17(21)16-12-18(16)9-3-5-13-4-1-2-6-15(13)18/h1-2,4,6,14,16H,3,5,7-9,11-12H2/t16-,18-/m0/s1. The highest BCUT2D eigenvalue weighted by atomic mass is 16.2. The Hall–Kier alpha value is -1.82. The second-order valence-electron chi connectivity index (χ2n) is 6.78. The minimum atomic E-state index is 0.0918. The quantitative estimate of drug-likeness (QED) is 0.799. The number of carbonyl (C=O) groups is 1. The van der Waals surface area contributed by atoms with Gasteiger partial charge in [0.15, 0.2) is 0 Å². The minimum absolute atomic E-state index is 0.0918. The Morgan fingerprint density at radius 1 is 1.38 bits per heavy atom. The number of hydrogen-bond donors (Lipinski definition) is 0. The maximum atomic E-state index is 12.8. The lowest BCUT2D eigenvalue weighted by Gasteiger charge is -2.28. The summed E-state index contributed by atoms with van der Waals surface area (Å²) in [5.41, 5.74) is 2.92. The van der Waals surface area contributed by atoms with E-state index in [0.717, 1.165) is 32.1 Å². The van der Waals surface area contributed by atoms with Crippen LogP contribution in [0.2, 0.25) is 0 Å². The van der Waals surface area contributed by atoms with Gasteiger partial charge in [-0.2, -0.15) is 5.26 Å². The van der Waals surface area contributed by atoms with Gasteiger partial charge in [0, 0.05) is 17.4 Å². The third kappa shape index (κ3) is 1.97. The Bertz CT molecular complexity index is 628. The Balaban J connectivity index is 1.60. The smallest absolute Gasteiger partial charge is 0.227 e. The number of carbonyl (C=O) groups excluding carboxylic acids is 1. The van der Waals surface area contributed by atoms with E-state index in [4.69, 9.17) is 5.26 Å². The number of nitrogens with zero attached hydrogens (tertiary/aromatic N) is 2. The fourth-order valence-electron chi connectivity index (χ4n) is 4.21. The maximum absolute atomic E-state index is 12.8. The molecule has 0 N–H and O–H groups in total. The van der Waals surface area contributed by atoms with Crippen molar-refractivity contribution in [1.82, 2.24) is 4.90 Å². The molecule has 0 bridgehead atoms. The van der Waals surface area contributed by atoms with Crippen LogP contribution in [0.1, 0.15) is 43.2 Å². The van der Waals surface area contributed by atoms with Gasteiger partial charge >= 0.3 is 0 Å². The molecule has 0 aliphatic heterocycles. The van der Waals surface area contributed by atoms with Crippen LogP contribution >= 0.6 is 0 Å². The van der Waals surface area contributed by atoms with Crippen LogP contribution in [0.25, 0.3) is 0 Å². The second-order valence-corrected chi connectivity index (χ2v) is 6.78. The largest absolute Gasteiger partial charge is 0.326 e. The van der Waals surface area contributed by atoms with Gasteiger partial charge in [-0.25, -0.2) is 0 Å². The van der Waals surface area contributed by atoms with E-state index in [1.807, 2.05) is 4.90 Å². The summed E-state index contributed by atoms with van der Waals surface area (Å²) in [7, 11) is 0. The molecule has 3 nitrogen and oxygen atoms in total. The molecular weight excluding hydrogens is 260 g/mol. The molecular formula is C18H20N2O. The molecule has 2 saturated carbocycles. The molecule has 2 fully saturated rings. The molecule has 1 aromatic rings. The SMILES string of the molecule is N#CCN(C(=O)[C@@H]1C[C@]12CCCc1ccccc12)C1CC1. The lowest BCUT2D eigenvalue weighted by Crippen LogP contribution is -2.37. The Morgan fingerprint density at radius 2 is 2.19 bits per heavy atom. The van der Waals surface area contributed by atoms with Gasteiger partial charge in [-0.3, -0.25) is 4.79 Å². The van der Waals surface area contributed by atoms with Crippen molar-refractivity contribution in [2.75, 3.05) is 6.54 Å². The first-order valence-corrected chi connectivity index (χ1v) is 8.02. The molecule has 0 radical (unpaired) electrons. The van der Waals surface area contributed by atoms with Crippen molar-refractivity contribution in [2.45, 2.75) is 50.0 Å². The number of fused-ring (bicyclic) bond motifs is 2. The van der Waals surface area contributed by atoms with Crippen molar-refractivity contribution in [3.8, 4) is 6.07 Å². The zero-order chi connectivity index (χ0) is 14.4. The van der Waals surface area contributed by atoms with Crippen LogP contribution in [0.5, 0.6) is 0 Å². The van der Waals surface area contributed by atoms with Gasteiger partial charge in [0.1, 0.15) is 6.54 Å². The Kier molecular flexibility index (Phi) is 2.82. The first-order chi connectivity index (χ1) is 10.3. The van der Waals surface area contributed by atoms with Gasteiger partial charge in [-0.1, -0.05) is 24.3 Å². The third-order valence-electron chi connectivity index (χ3n) is 5.51. The lowest BCUT2D eigenvalue weighted by molar-refractivity contribution is -0.133. The summed E-state index contributed by atoms with van der Waals surface area (Å²) in [5, 5.41) is 8.98. The molecule has 0 aromatic heterocycles. The van der Waals surface area contributed by atoms with Gasteiger partial charge in [0.25, 0.3) is 0 Å². The van der Waals surface area contributed by atoms with E-state index in [2.05, 4.69) is 30.3 Å². The maximum Gasteiger partial charge on any atom is 0.227 e. The molecule has 2 atom stereocenters. The number of rotatable bonds is 3. The fraction of sp³-hybridized carbons (Fsp3) is 0.556.